The second-order valence-corrected chi connectivity index (χ2v) is 8.75. The highest BCUT2D eigenvalue weighted by atomic mass is 35.5. The van der Waals surface area contributed by atoms with Crippen molar-refractivity contribution >= 4 is 33.5 Å². The molecule has 2 aromatic rings. The molecular weight excluding hydrogens is 416 g/mol. The van der Waals surface area contributed by atoms with Crippen molar-refractivity contribution in [3.63, 3.8) is 0 Å². The molecule has 7 nitrogen and oxygen atoms in total. The highest BCUT2D eigenvalue weighted by Gasteiger charge is 2.24. The minimum Gasteiger partial charge on any atom is -0.455 e. The van der Waals surface area contributed by atoms with E-state index in [0.29, 0.717) is 18.1 Å². The van der Waals surface area contributed by atoms with Gasteiger partial charge in [-0.2, -0.15) is 4.31 Å². The predicted molar refractivity (Wildman–Crippen MR) is 110 cm³/mol. The first-order valence-electron chi connectivity index (χ1n) is 8.93. The summed E-state index contributed by atoms with van der Waals surface area (Å²) in [7, 11) is -2.61. The van der Waals surface area contributed by atoms with Gasteiger partial charge in [0.05, 0.1) is 4.90 Å². The molecule has 0 spiro atoms. The Morgan fingerprint density at radius 2 is 1.66 bits per heavy atom. The standard InChI is InChI=1S/C20H23ClN2O5S/c1-3-23(13-16-7-5-4-6-8-16)19(24)15-28-20(25)14-22(2)29(26,27)18-11-9-17(21)10-12-18/h4-12H,3,13-15H2,1-2H3. The molecule has 156 valence electrons. The number of likely N-dealkylation sites (N-methyl/N-ethyl adjacent to an activating group) is 2. The second kappa shape index (κ2) is 10.4. The van der Waals surface area contributed by atoms with Crippen LogP contribution in [0.2, 0.25) is 5.02 Å². The van der Waals surface area contributed by atoms with E-state index in [-0.39, 0.29) is 10.8 Å². The topological polar surface area (TPSA) is 84.0 Å². The molecule has 0 heterocycles. The number of carbonyl (C=O) groups excluding carboxylic acids is 2. The van der Waals surface area contributed by atoms with Crippen LogP contribution in [-0.2, 0) is 30.9 Å². The quantitative estimate of drug-likeness (QED) is 0.562. The Labute approximate surface area is 175 Å². The molecule has 29 heavy (non-hydrogen) atoms. The fraction of sp³-hybridized carbons (Fsp3) is 0.300. The van der Waals surface area contributed by atoms with E-state index in [1.54, 1.807) is 4.90 Å². The number of sulfonamides is 1. The van der Waals surface area contributed by atoms with Gasteiger partial charge < -0.3 is 9.64 Å². The monoisotopic (exact) mass is 438 g/mol. The molecule has 0 aromatic heterocycles. The molecule has 0 radical (unpaired) electrons. The van der Waals surface area contributed by atoms with Crippen molar-refractivity contribution in [1.29, 1.82) is 0 Å². The number of benzene rings is 2. The molecule has 2 aromatic carbocycles. The molecule has 0 aliphatic rings. The third-order valence-electron chi connectivity index (χ3n) is 4.18. The zero-order valence-corrected chi connectivity index (χ0v) is 17.8. The van der Waals surface area contributed by atoms with Crippen LogP contribution in [0, 0.1) is 0 Å². The van der Waals surface area contributed by atoms with Crippen LogP contribution < -0.4 is 0 Å². The van der Waals surface area contributed by atoms with E-state index in [2.05, 4.69) is 0 Å². The Balaban J connectivity index is 1.89. The van der Waals surface area contributed by atoms with E-state index >= 15 is 0 Å². The molecular formula is C20H23ClN2O5S. The molecule has 0 saturated heterocycles. The van der Waals surface area contributed by atoms with Gasteiger partial charge in [-0.15, -0.1) is 0 Å². The summed E-state index contributed by atoms with van der Waals surface area (Å²) in [4.78, 5) is 25.9. The van der Waals surface area contributed by atoms with E-state index in [0.717, 1.165) is 9.87 Å². The third kappa shape index (κ3) is 6.56. The average Bonchev–Trinajstić information content (AvgIpc) is 2.71. The van der Waals surface area contributed by atoms with Gasteiger partial charge in [-0.3, -0.25) is 9.59 Å². The number of nitrogens with zero attached hydrogens (tertiary/aromatic N) is 2. The Kier molecular flexibility index (Phi) is 8.19. The summed E-state index contributed by atoms with van der Waals surface area (Å²) >= 11 is 5.77. The van der Waals surface area contributed by atoms with Crippen molar-refractivity contribution in [3.05, 3.63) is 65.2 Å². The van der Waals surface area contributed by atoms with Crippen molar-refractivity contribution < 1.29 is 22.7 Å². The zero-order chi connectivity index (χ0) is 21.4. The van der Waals surface area contributed by atoms with Crippen LogP contribution in [0.3, 0.4) is 0 Å². The highest BCUT2D eigenvalue weighted by Crippen LogP contribution is 2.17. The van der Waals surface area contributed by atoms with E-state index in [1.165, 1.54) is 31.3 Å². The maximum atomic E-state index is 12.5. The number of hydrogen-bond acceptors (Lipinski definition) is 5. The summed E-state index contributed by atoms with van der Waals surface area (Å²) in [6, 6.07) is 15.1. The van der Waals surface area contributed by atoms with Gasteiger partial charge in [-0.25, -0.2) is 8.42 Å². The first kappa shape index (κ1) is 22.9. The summed E-state index contributed by atoms with van der Waals surface area (Å²) in [6.07, 6.45) is 0. The van der Waals surface area contributed by atoms with Crippen LogP contribution in [0.15, 0.2) is 59.5 Å². The van der Waals surface area contributed by atoms with Crippen molar-refractivity contribution in [2.75, 3.05) is 26.7 Å². The molecule has 0 unspecified atom stereocenters. The number of amides is 1. The largest absolute Gasteiger partial charge is 0.455 e. The summed E-state index contributed by atoms with van der Waals surface area (Å²) in [5.41, 5.74) is 0.961. The molecule has 0 aliphatic carbocycles. The molecule has 0 bridgehead atoms. The SMILES string of the molecule is CCN(Cc1ccccc1)C(=O)COC(=O)CN(C)S(=O)(=O)c1ccc(Cl)cc1. The molecule has 0 N–H and O–H groups in total. The molecule has 0 aliphatic heterocycles. The molecule has 0 fully saturated rings. The number of halogens is 1. The van der Waals surface area contributed by atoms with Crippen LogP contribution in [0.25, 0.3) is 0 Å². The fourth-order valence-electron chi connectivity index (χ4n) is 2.51. The van der Waals surface area contributed by atoms with E-state index in [4.69, 9.17) is 16.3 Å². The van der Waals surface area contributed by atoms with Crippen molar-refractivity contribution in [2.45, 2.75) is 18.4 Å². The van der Waals surface area contributed by atoms with Gasteiger partial charge in [-0.1, -0.05) is 41.9 Å². The normalized spacial score (nSPS) is 11.3. The smallest absolute Gasteiger partial charge is 0.321 e. The van der Waals surface area contributed by atoms with E-state index in [1.807, 2.05) is 37.3 Å². The number of ether oxygens (including phenoxy) is 1. The number of rotatable bonds is 9. The lowest BCUT2D eigenvalue weighted by Gasteiger charge is -2.21. The van der Waals surface area contributed by atoms with Crippen LogP contribution >= 0.6 is 11.6 Å². The molecule has 2 rings (SSSR count). The maximum Gasteiger partial charge on any atom is 0.321 e. The maximum absolute atomic E-state index is 12.5. The van der Waals surface area contributed by atoms with Crippen molar-refractivity contribution in [2.24, 2.45) is 0 Å². The Morgan fingerprint density at radius 3 is 2.24 bits per heavy atom. The van der Waals surface area contributed by atoms with Crippen LogP contribution in [-0.4, -0.2) is 56.2 Å². The summed E-state index contributed by atoms with van der Waals surface area (Å²) < 4.78 is 30.8. The van der Waals surface area contributed by atoms with Gasteiger partial charge in [0.25, 0.3) is 5.91 Å². The lowest BCUT2D eigenvalue weighted by molar-refractivity contribution is -0.152. The average molecular weight is 439 g/mol. The first-order valence-corrected chi connectivity index (χ1v) is 10.7. The van der Waals surface area contributed by atoms with Crippen molar-refractivity contribution in [1.82, 2.24) is 9.21 Å². The molecule has 1 amide bonds. The van der Waals surface area contributed by atoms with Crippen LogP contribution in [0.5, 0.6) is 0 Å². The van der Waals surface area contributed by atoms with E-state index in [9.17, 15) is 18.0 Å². The van der Waals surface area contributed by atoms with Crippen LogP contribution in [0.1, 0.15) is 12.5 Å². The summed E-state index contributed by atoms with van der Waals surface area (Å²) in [5.74, 6) is -1.16. The lowest BCUT2D eigenvalue weighted by Crippen LogP contribution is -2.37. The molecule has 0 atom stereocenters. The Hall–Kier alpha value is -2.42. The zero-order valence-electron chi connectivity index (χ0n) is 16.2. The number of hydrogen-bond donors (Lipinski definition) is 0. The van der Waals surface area contributed by atoms with Gasteiger partial charge in [0.2, 0.25) is 10.0 Å². The minimum atomic E-state index is -3.87. The number of esters is 1. The lowest BCUT2D eigenvalue weighted by atomic mass is 10.2. The summed E-state index contributed by atoms with van der Waals surface area (Å²) in [6.45, 7) is 1.72. The second-order valence-electron chi connectivity index (χ2n) is 6.27. The van der Waals surface area contributed by atoms with Gasteiger partial charge >= 0.3 is 5.97 Å². The van der Waals surface area contributed by atoms with Crippen LogP contribution in [0.4, 0.5) is 0 Å². The fourth-order valence-corrected chi connectivity index (χ4v) is 3.75. The van der Waals surface area contributed by atoms with Gasteiger partial charge in [-0.05, 0) is 36.8 Å². The summed E-state index contributed by atoms with van der Waals surface area (Å²) in [5, 5.41) is 0.403. The van der Waals surface area contributed by atoms with E-state index < -0.39 is 29.1 Å². The Bertz CT molecular complexity index is 933. The molecule has 0 saturated carbocycles. The van der Waals surface area contributed by atoms with Gasteiger partial charge in [0.15, 0.2) is 6.61 Å². The third-order valence-corrected chi connectivity index (χ3v) is 6.25. The van der Waals surface area contributed by atoms with Crippen molar-refractivity contribution in [3.8, 4) is 0 Å². The highest BCUT2D eigenvalue weighted by molar-refractivity contribution is 7.89. The Morgan fingerprint density at radius 1 is 1.03 bits per heavy atom. The van der Waals surface area contributed by atoms with Gasteiger partial charge in [0, 0.05) is 25.2 Å². The van der Waals surface area contributed by atoms with Gasteiger partial charge in [0.1, 0.15) is 6.54 Å². The molecule has 9 heteroatoms. The first-order chi connectivity index (χ1) is 13.7. The predicted octanol–water partition coefficient (Wildman–Crippen LogP) is 2.55. The minimum absolute atomic E-state index is 0.00768. The number of carbonyl (C=O) groups is 2.